The minimum absolute atomic E-state index is 0.207. The van der Waals surface area contributed by atoms with Gasteiger partial charge in [-0.25, -0.2) is 0 Å². The Kier molecular flexibility index (Phi) is 5.20. The number of carbonyl (C=O) groups excluding carboxylic acids is 2. The molecule has 0 saturated carbocycles. The van der Waals surface area contributed by atoms with Gasteiger partial charge in [-0.05, 0) is 5.92 Å². The van der Waals surface area contributed by atoms with Gasteiger partial charge >= 0.3 is 11.8 Å². The molecule has 0 aromatic carbocycles. The second-order valence-corrected chi connectivity index (χ2v) is 4.96. The Morgan fingerprint density at radius 2 is 2.11 bits per heavy atom. The molecule has 0 bridgehead atoms. The normalized spacial score (nSPS) is 9.89. The van der Waals surface area contributed by atoms with Gasteiger partial charge in [-0.3, -0.25) is 14.9 Å². The zero-order chi connectivity index (χ0) is 13.5. The second kappa shape index (κ2) is 6.66. The van der Waals surface area contributed by atoms with E-state index in [1.54, 1.807) is 6.07 Å². The number of rotatable bonds is 4. The summed E-state index contributed by atoms with van der Waals surface area (Å²) in [4.78, 5) is 22.5. The van der Waals surface area contributed by atoms with Crippen molar-refractivity contribution in [3.05, 3.63) is 5.01 Å². The molecule has 7 nitrogen and oxygen atoms in total. The van der Waals surface area contributed by atoms with Gasteiger partial charge in [-0.1, -0.05) is 25.2 Å². The predicted octanol–water partition coefficient (Wildman–Crippen LogP) is 0.315. The lowest BCUT2D eigenvalue weighted by atomic mass is 10.1. The second-order valence-electron chi connectivity index (χ2n) is 3.89. The van der Waals surface area contributed by atoms with Gasteiger partial charge in [0.1, 0.15) is 11.6 Å². The van der Waals surface area contributed by atoms with Crippen molar-refractivity contribution >= 4 is 28.3 Å². The molecule has 1 heterocycles. The van der Waals surface area contributed by atoms with Gasteiger partial charge in [-0.15, -0.1) is 10.2 Å². The van der Waals surface area contributed by atoms with E-state index in [1.165, 1.54) is 11.3 Å². The van der Waals surface area contributed by atoms with Crippen LogP contribution in [0.2, 0.25) is 0 Å². The van der Waals surface area contributed by atoms with E-state index in [9.17, 15) is 9.59 Å². The fourth-order valence-corrected chi connectivity index (χ4v) is 2.04. The van der Waals surface area contributed by atoms with E-state index in [0.29, 0.717) is 5.92 Å². The molecule has 0 aliphatic heterocycles. The monoisotopic (exact) mass is 267 g/mol. The summed E-state index contributed by atoms with van der Waals surface area (Å²) >= 11 is 1.23. The van der Waals surface area contributed by atoms with Crippen LogP contribution in [0.4, 0.5) is 5.13 Å². The van der Waals surface area contributed by atoms with Crippen molar-refractivity contribution in [2.45, 2.75) is 20.3 Å². The number of nitrogens with zero attached hydrogens (tertiary/aromatic N) is 3. The topological polar surface area (TPSA) is 108 Å². The molecule has 2 N–H and O–H groups in total. The Bertz CT molecular complexity index is 477. The van der Waals surface area contributed by atoms with Crippen LogP contribution in [0.1, 0.15) is 18.9 Å². The molecule has 1 rings (SSSR count). The van der Waals surface area contributed by atoms with E-state index in [0.717, 1.165) is 11.4 Å². The van der Waals surface area contributed by atoms with Crippen molar-refractivity contribution in [1.29, 1.82) is 5.26 Å². The number of hydrogen-bond donors (Lipinski definition) is 2. The SMILES string of the molecule is CC(C)Cc1nnc(NC(=O)C(=O)NCC#N)s1. The Morgan fingerprint density at radius 3 is 2.72 bits per heavy atom. The number of amides is 2. The van der Waals surface area contributed by atoms with E-state index in [4.69, 9.17) is 5.26 Å². The Labute approximate surface area is 108 Å². The molecule has 0 spiro atoms. The van der Waals surface area contributed by atoms with Crippen LogP contribution in [0.3, 0.4) is 0 Å². The average molecular weight is 267 g/mol. The minimum Gasteiger partial charge on any atom is -0.335 e. The fourth-order valence-electron chi connectivity index (χ4n) is 1.09. The lowest BCUT2D eigenvalue weighted by Crippen LogP contribution is -2.35. The molecule has 96 valence electrons. The first kappa shape index (κ1) is 14.1. The zero-order valence-corrected chi connectivity index (χ0v) is 10.9. The van der Waals surface area contributed by atoms with Crippen LogP contribution in [-0.4, -0.2) is 28.6 Å². The van der Waals surface area contributed by atoms with Crippen LogP contribution in [0, 0.1) is 17.2 Å². The largest absolute Gasteiger partial charge is 0.335 e. The van der Waals surface area contributed by atoms with Crippen molar-refractivity contribution in [3.63, 3.8) is 0 Å². The maximum Gasteiger partial charge on any atom is 0.315 e. The molecule has 8 heteroatoms. The first-order valence-electron chi connectivity index (χ1n) is 5.31. The molecule has 1 aromatic heterocycles. The van der Waals surface area contributed by atoms with Gasteiger partial charge in [0.15, 0.2) is 0 Å². The first-order chi connectivity index (χ1) is 8.52. The van der Waals surface area contributed by atoms with Gasteiger partial charge in [0.2, 0.25) is 5.13 Å². The third-order valence-electron chi connectivity index (χ3n) is 1.80. The molecule has 0 unspecified atom stereocenters. The van der Waals surface area contributed by atoms with E-state index < -0.39 is 11.8 Å². The summed E-state index contributed by atoms with van der Waals surface area (Å²) in [5.74, 6) is -1.27. The van der Waals surface area contributed by atoms with E-state index in [1.807, 2.05) is 0 Å². The number of hydrogen-bond acceptors (Lipinski definition) is 6. The van der Waals surface area contributed by atoms with E-state index in [-0.39, 0.29) is 11.7 Å². The molecule has 0 saturated heterocycles. The molecule has 2 amide bonds. The number of nitriles is 1. The summed E-state index contributed by atoms with van der Waals surface area (Å²) in [6, 6.07) is 1.71. The van der Waals surface area contributed by atoms with Gasteiger partial charge in [0.05, 0.1) is 6.07 Å². The van der Waals surface area contributed by atoms with Crippen LogP contribution in [0.25, 0.3) is 0 Å². The van der Waals surface area contributed by atoms with Crippen molar-refractivity contribution in [2.24, 2.45) is 5.92 Å². The van der Waals surface area contributed by atoms with Gasteiger partial charge < -0.3 is 5.32 Å². The molecule has 0 aliphatic rings. The maximum atomic E-state index is 11.4. The lowest BCUT2D eigenvalue weighted by molar-refractivity contribution is -0.136. The highest BCUT2D eigenvalue weighted by atomic mass is 32.1. The third-order valence-corrected chi connectivity index (χ3v) is 2.67. The summed E-state index contributed by atoms with van der Waals surface area (Å²) < 4.78 is 0. The van der Waals surface area contributed by atoms with E-state index in [2.05, 4.69) is 34.7 Å². The van der Waals surface area contributed by atoms with Gasteiger partial charge in [0.25, 0.3) is 0 Å². The van der Waals surface area contributed by atoms with Gasteiger partial charge in [0, 0.05) is 6.42 Å². The molecular formula is C10H13N5O2S. The minimum atomic E-state index is -0.864. The smallest absolute Gasteiger partial charge is 0.315 e. The van der Waals surface area contributed by atoms with Crippen molar-refractivity contribution < 1.29 is 9.59 Å². The van der Waals surface area contributed by atoms with Gasteiger partial charge in [-0.2, -0.15) is 5.26 Å². The van der Waals surface area contributed by atoms with Crippen molar-refractivity contribution in [1.82, 2.24) is 15.5 Å². The molecule has 18 heavy (non-hydrogen) atoms. The number of carbonyl (C=O) groups is 2. The van der Waals surface area contributed by atoms with Crippen molar-refractivity contribution in [3.8, 4) is 6.07 Å². The summed E-state index contributed by atoms with van der Waals surface area (Å²) in [5, 5.41) is 21.5. The molecular weight excluding hydrogens is 254 g/mol. The Hall–Kier alpha value is -2.01. The average Bonchev–Trinajstić information content (AvgIpc) is 2.72. The number of aromatic nitrogens is 2. The van der Waals surface area contributed by atoms with Crippen LogP contribution >= 0.6 is 11.3 Å². The quantitative estimate of drug-likeness (QED) is 0.603. The highest BCUT2D eigenvalue weighted by Gasteiger charge is 2.15. The molecule has 0 aliphatic carbocycles. The molecule has 0 fully saturated rings. The Balaban J connectivity index is 2.52. The number of anilines is 1. The number of nitrogens with one attached hydrogen (secondary N) is 2. The zero-order valence-electron chi connectivity index (χ0n) is 10.1. The molecule has 1 aromatic rings. The van der Waals surface area contributed by atoms with E-state index >= 15 is 0 Å². The molecule has 0 radical (unpaired) electrons. The van der Waals surface area contributed by atoms with Crippen LogP contribution < -0.4 is 10.6 Å². The summed E-state index contributed by atoms with van der Waals surface area (Å²) in [6.07, 6.45) is 0.772. The predicted molar refractivity (Wildman–Crippen MR) is 65.7 cm³/mol. The summed E-state index contributed by atoms with van der Waals surface area (Å²) in [5.41, 5.74) is 0. The molecule has 0 atom stereocenters. The fraction of sp³-hybridized carbons (Fsp3) is 0.500. The Morgan fingerprint density at radius 1 is 1.39 bits per heavy atom. The first-order valence-corrected chi connectivity index (χ1v) is 6.13. The van der Waals surface area contributed by atoms with Crippen LogP contribution in [-0.2, 0) is 16.0 Å². The maximum absolute atomic E-state index is 11.4. The standard InChI is InChI=1S/C10H13N5O2S/c1-6(2)5-7-14-15-10(18-7)13-9(17)8(16)12-4-3-11/h6H,4-5H2,1-2H3,(H,12,16)(H,13,15,17). The van der Waals surface area contributed by atoms with Crippen molar-refractivity contribution in [2.75, 3.05) is 11.9 Å². The highest BCUT2D eigenvalue weighted by molar-refractivity contribution is 7.15. The lowest BCUT2D eigenvalue weighted by Gasteiger charge is -1.99. The van der Waals surface area contributed by atoms with Crippen LogP contribution in [0.15, 0.2) is 0 Å². The summed E-state index contributed by atoms with van der Waals surface area (Å²) in [6.45, 7) is 3.89. The third kappa shape index (κ3) is 4.47. The van der Waals surface area contributed by atoms with Crippen LogP contribution in [0.5, 0.6) is 0 Å². The highest BCUT2D eigenvalue weighted by Crippen LogP contribution is 2.17. The summed E-state index contributed by atoms with van der Waals surface area (Å²) in [7, 11) is 0.